The molecule has 1 atom stereocenters. The molecule has 0 saturated carbocycles. The van der Waals surface area contributed by atoms with Crippen molar-refractivity contribution in [2.45, 2.75) is 45.3 Å². The Morgan fingerprint density at radius 2 is 2.00 bits per heavy atom. The zero-order valence-corrected chi connectivity index (χ0v) is 10.5. The van der Waals surface area contributed by atoms with E-state index >= 15 is 0 Å². The molecule has 0 amide bonds. The molecule has 1 unspecified atom stereocenters. The molecule has 0 bridgehead atoms. The summed E-state index contributed by atoms with van der Waals surface area (Å²) in [6.07, 6.45) is 2.28. The van der Waals surface area contributed by atoms with E-state index in [9.17, 15) is 0 Å². The summed E-state index contributed by atoms with van der Waals surface area (Å²) >= 11 is 0. The van der Waals surface area contributed by atoms with Crippen molar-refractivity contribution in [3.05, 3.63) is 0 Å². The zero-order chi connectivity index (χ0) is 11.3. The van der Waals surface area contributed by atoms with E-state index in [-0.39, 0.29) is 5.60 Å². The van der Waals surface area contributed by atoms with Crippen molar-refractivity contribution >= 4 is 0 Å². The quantitative estimate of drug-likeness (QED) is 0.759. The summed E-state index contributed by atoms with van der Waals surface area (Å²) in [6.45, 7) is 8.96. The van der Waals surface area contributed by atoms with Gasteiger partial charge >= 0.3 is 0 Å². The average molecular weight is 215 g/mol. The molecule has 1 rings (SSSR count). The van der Waals surface area contributed by atoms with E-state index in [4.69, 9.17) is 9.47 Å². The fraction of sp³-hybridized carbons (Fsp3) is 1.00. The number of ether oxygens (including phenoxy) is 2. The highest BCUT2D eigenvalue weighted by Gasteiger charge is 2.35. The molecule has 1 saturated heterocycles. The van der Waals surface area contributed by atoms with Gasteiger partial charge in [0.25, 0.3) is 0 Å². The van der Waals surface area contributed by atoms with Crippen molar-refractivity contribution in [2.24, 2.45) is 5.92 Å². The number of hydrogen-bond donors (Lipinski definition) is 1. The highest BCUT2D eigenvalue weighted by atomic mass is 16.5. The lowest BCUT2D eigenvalue weighted by Gasteiger charge is -2.40. The number of nitrogens with one attached hydrogen (secondary N) is 1. The Kier molecular flexibility index (Phi) is 5.03. The molecule has 1 aliphatic heterocycles. The molecule has 0 radical (unpaired) electrons. The molecule has 1 fully saturated rings. The monoisotopic (exact) mass is 215 g/mol. The fourth-order valence-electron chi connectivity index (χ4n) is 2.66. The Bertz CT molecular complexity index is 176. The fourth-order valence-corrected chi connectivity index (χ4v) is 2.66. The maximum atomic E-state index is 5.83. The Balaban J connectivity index is 2.59. The highest BCUT2D eigenvalue weighted by molar-refractivity contribution is 4.91. The smallest absolute Gasteiger partial charge is 0.0781 e. The van der Waals surface area contributed by atoms with E-state index in [1.807, 2.05) is 7.05 Å². The molecule has 0 aromatic carbocycles. The van der Waals surface area contributed by atoms with Gasteiger partial charge in [0.15, 0.2) is 0 Å². The summed E-state index contributed by atoms with van der Waals surface area (Å²) in [5.41, 5.74) is -0.0918. The molecule has 3 nitrogen and oxygen atoms in total. The van der Waals surface area contributed by atoms with Crippen molar-refractivity contribution in [2.75, 3.05) is 26.9 Å². The third kappa shape index (κ3) is 3.44. The van der Waals surface area contributed by atoms with Crippen LogP contribution in [0.1, 0.15) is 33.6 Å². The lowest BCUT2D eigenvalue weighted by Crippen LogP contribution is -2.52. The van der Waals surface area contributed by atoms with E-state index in [0.717, 1.165) is 32.7 Å². The summed E-state index contributed by atoms with van der Waals surface area (Å²) in [5, 5.41) is 3.42. The molecule has 0 spiro atoms. The molecule has 0 aromatic heterocycles. The maximum absolute atomic E-state index is 5.83. The molecule has 15 heavy (non-hydrogen) atoms. The second kappa shape index (κ2) is 5.83. The SMILES string of the molecule is CCOC(C)(C)C(NC)C1CCOCC1. The minimum absolute atomic E-state index is 0.0918. The van der Waals surface area contributed by atoms with Gasteiger partial charge in [0, 0.05) is 25.9 Å². The minimum Gasteiger partial charge on any atom is -0.381 e. The van der Waals surface area contributed by atoms with Crippen LogP contribution in [0.3, 0.4) is 0 Å². The number of rotatable bonds is 5. The maximum Gasteiger partial charge on any atom is 0.0781 e. The van der Waals surface area contributed by atoms with Crippen LogP contribution in [0.5, 0.6) is 0 Å². The summed E-state index contributed by atoms with van der Waals surface area (Å²) in [7, 11) is 2.03. The Labute approximate surface area is 93.5 Å². The molecule has 1 heterocycles. The molecule has 3 heteroatoms. The number of likely N-dealkylation sites (N-methyl/N-ethyl adjacent to an activating group) is 1. The summed E-state index contributed by atoms with van der Waals surface area (Å²) < 4.78 is 11.2. The van der Waals surface area contributed by atoms with Crippen molar-refractivity contribution in [3.8, 4) is 0 Å². The molecular weight excluding hydrogens is 190 g/mol. The van der Waals surface area contributed by atoms with E-state index in [1.54, 1.807) is 0 Å². The number of hydrogen-bond acceptors (Lipinski definition) is 3. The largest absolute Gasteiger partial charge is 0.381 e. The predicted octanol–water partition coefficient (Wildman–Crippen LogP) is 1.82. The first-order valence-corrected chi connectivity index (χ1v) is 6.00. The summed E-state index contributed by atoms with van der Waals surface area (Å²) in [6, 6.07) is 0.418. The van der Waals surface area contributed by atoms with Gasteiger partial charge in [0.05, 0.1) is 5.60 Å². The van der Waals surface area contributed by atoms with Crippen molar-refractivity contribution in [1.82, 2.24) is 5.32 Å². The van der Waals surface area contributed by atoms with Crippen LogP contribution in [0.2, 0.25) is 0 Å². The van der Waals surface area contributed by atoms with Crippen LogP contribution in [0, 0.1) is 5.92 Å². The third-order valence-corrected chi connectivity index (χ3v) is 3.31. The van der Waals surface area contributed by atoms with Gasteiger partial charge in [-0.3, -0.25) is 0 Å². The van der Waals surface area contributed by atoms with Crippen LogP contribution in [0.15, 0.2) is 0 Å². The molecule has 90 valence electrons. The molecule has 0 aliphatic carbocycles. The van der Waals surface area contributed by atoms with Gasteiger partial charge in [-0.15, -0.1) is 0 Å². The van der Waals surface area contributed by atoms with Gasteiger partial charge in [-0.05, 0) is 46.6 Å². The average Bonchev–Trinajstić information content (AvgIpc) is 2.19. The standard InChI is InChI=1S/C12H25NO2/c1-5-15-12(2,3)11(13-4)10-6-8-14-9-7-10/h10-11,13H,5-9H2,1-4H3. The highest BCUT2D eigenvalue weighted by Crippen LogP contribution is 2.28. The second-order valence-electron chi connectivity index (χ2n) is 4.75. The van der Waals surface area contributed by atoms with Crippen LogP contribution in [0.25, 0.3) is 0 Å². The van der Waals surface area contributed by atoms with E-state index in [0.29, 0.717) is 12.0 Å². The zero-order valence-electron chi connectivity index (χ0n) is 10.5. The Morgan fingerprint density at radius 1 is 1.40 bits per heavy atom. The normalized spacial score (nSPS) is 21.6. The van der Waals surface area contributed by atoms with Crippen LogP contribution >= 0.6 is 0 Å². The first kappa shape index (κ1) is 12.9. The Hall–Kier alpha value is -0.120. The molecular formula is C12H25NO2. The summed E-state index contributed by atoms with van der Waals surface area (Å²) in [4.78, 5) is 0. The van der Waals surface area contributed by atoms with Gasteiger partial charge in [0.2, 0.25) is 0 Å². The molecule has 1 N–H and O–H groups in total. The lowest BCUT2D eigenvalue weighted by molar-refractivity contribution is -0.0659. The van der Waals surface area contributed by atoms with E-state index in [2.05, 4.69) is 26.1 Å². The minimum atomic E-state index is -0.0918. The van der Waals surface area contributed by atoms with Crippen molar-refractivity contribution < 1.29 is 9.47 Å². The third-order valence-electron chi connectivity index (χ3n) is 3.31. The van der Waals surface area contributed by atoms with Crippen LogP contribution in [-0.4, -0.2) is 38.5 Å². The topological polar surface area (TPSA) is 30.5 Å². The lowest BCUT2D eigenvalue weighted by atomic mass is 9.82. The Morgan fingerprint density at radius 3 is 2.47 bits per heavy atom. The van der Waals surface area contributed by atoms with Crippen LogP contribution < -0.4 is 5.32 Å². The summed E-state index contributed by atoms with van der Waals surface area (Å²) in [5.74, 6) is 0.672. The van der Waals surface area contributed by atoms with Gasteiger partial charge in [-0.1, -0.05) is 0 Å². The van der Waals surface area contributed by atoms with Gasteiger partial charge in [-0.2, -0.15) is 0 Å². The van der Waals surface area contributed by atoms with Crippen LogP contribution in [0.4, 0.5) is 0 Å². The van der Waals surface area contributed by atoms with Crippen molar-refractivity contribution in [3.63, 3.8) is 0 Å². The molecule has 1 aliphatic rings. The first-order valence-electron chi connectivity index (χ1n) is 6.00. The van der Waals surface area contributed by atoms with Gasteiger partial charge < -0.3 is 14.8 Å². The second-order valence-corrected chi connectivity index (χ2v) is 4.75. The molecule has 0 aromatic rings. The van der Waals surface area contributed by atoms with Crippen molar-refractivity contribution in [1.29, 1.82) is 0 Å². The van der Waals surface area contributed by atoms with Crippen LogP contribution in [-0.2, 0) is 9.47 Å². The predicted molar refractivity (Wildman–Crippen MR) is 62.1 cm³/mol. The van der Waals surface area contributed by atoms with Gasteiger partial charge in [-0.25, -0.2) is 0 Å². The first-order chi connectivity index (χ1) is 7.11. The van der Waals surface area contributed by atoms with E-state index in [1.165, 1.54) is 0 Å². The van der Waals surface area contributed by atoms with Gasteiger partial charge in [0.1, 0.15) is 0 Å². The van der Waals surface area contributed by atoms with E-state index < -0.39 is 0 Å².